The molecule has 0 heterocycles. The Morgan fingerprint density at radius 2 is 2.06 bits per heavy atom. The van der Waals surface area contributed by atoms with Crippen molar-refractivity contribution in [3.05, 3.63) is 29.3 Å². The van der Waals surface area contributed by atoms with E-state index in [0.717, 1.165) is 5.56 Å². The first-order valence-electron chi connectivity index (χ1n) is 4.94. The first kappa shape index (κ1) is 13.0. The molecule has 16 heavy (non-hydrogen) atoms. The van der Waals surface area contributed by atoms with E-state index < -0.39 is 9.84 Å². The van der Waals surface area contributed by atoms with Crippen LogP contribution in [0.5, 0.6) is 5.75 Å². The molecule has 0 spiro atoms. The lowest BCUT2D eigenvalue weighted by Gasteiger charge is -2.12. The van der Waals surface area contributed by atoms with E-state index in [1.165, 1.54) is 6.26 Å². The Kier molecular flexibility index (Phi) is 4.32. The average molecular weight is 244 g/mol. The molecule has 4 nitrogen and oxygen atoms in total. The van der Waals surface area contributed by atoms with Crippen molar-refractivity contribution in [1.82, 2.24) is 0 Å². The second-order valence-electron chi connectivity index (χ2n) is 3.70. The highest BCUT2D eigenvalue weighted by atomic mass is 32.2. The second-order valence-corrected chi connectivity index (χ2v) is 5.96. The van der Waals surface area contributed by atoms with Crippen LogP contribution in [0, 0.1) is 6.92 Å². The van der Waals surface area contributed by atoms with E-state index >= 15 is 0 Å². The molecule has 0 fully saturated rings. The number of aliphatic hydroxyl groups is 1. The van der Waals surface area contributed by atoms with Crippen LogP contribution in [-0.2, 0) is 16.4 Å². The van der Waals surface area contributed by atoms with E-state index in [1.807, 2.05) is 19.1 Å². The van der Waals surface area contributed by atoms with Crippen LogP contribution >= 0.6 is 0 Å². The zero-order valence-corrected chi connectivity index (χ0v) is 10.3. The molecule has 90 valence electrons. The van der Waals surface area contributed by atoms with Crippen LogP contribution in [0.25, 0.3) is 0 Å². The molecule has 0 atom stereocenters. The van der Waals surface area contributed by atoms with Gasteiger partial charge in [-0.2, -0.15) is 0 Å². The molecule has 5 heteroatoms. The summed E-state index contributed by atoms with van der Waals surface area (Å²) in [6.45, 7) is 1.85. The highest BCUT2D eigenvalue weighted by molar-refractivity contribution is 7.90. The third-order valence-electron chi connectivity index (χ3n) is 2.16. The molecular formula is C11H16O4S. The van der Waals surface area contributed by atoms with Gasteiger partial charge in [0.1, 0.15) is 12.4 Å². The van der Waals surface area contributed by atoms with Crippen LogP contribution in [0.4, 0.5) is 0 Å². The van der Waals surface area contributed by atoms with Gasteiger partial charge in [-0.3, -0.25) is 0 Å². The topological polar surface area (TPSA) is 63.6 Å². The van der Waals surface area contributed by atoms with Crippen LogP contribution in [0.3, 0.4) is 0 Å². The van der Waals surface area contributed by atoms with Crippen molar-refractivity contribution in [3.63, 3.8) is 0 Å². The van der Waals surface area contributed by atoms with E-state index in [0.29, 0.717) is 11.3 Å². The molecule has 0 bridgehead atoms. The Bertz CT molecular complexity index is 451. The van der Waals surface area contributed by atoms with Crippen LogP contribution in [0.15, 0.2) is 18.2 Å². The SMILES string of the molecule is Cc1cccc(CO)c1OCCS(C)(=O)=O. The maximum atomic E-state index is 10.9. The van der Waals surface area contributed by atoms with Crippen LogP contribution in [0.2, 0.25) is 0 Å². The van der Waals surface area contributed by atoms with E-state index in [9.17, 15) is 8.42 Å². The van der Waals surface area contributed by atoms with Gasteiger partial charge in [-0.1, -0.05) is 18.2 Å². The summed E-state index contributed by atoms with van der Waals surface area (Å²) in [5.41, 5.74) is 1.56. The number of aliphatic hydroxyl groups excluding tert-OH is 1. The molecule has 0 radical (unpaired) electrons. The minimum atomic E-state index is -3.01. The standard InChI is InChI=1S/C11H16O4S/c1-9-4-3-5-10(8-12)11(9)15-6-7-16(2,13)14/h3-5,12H,6-8H2,1-2H3. The van der Waals surface area contributed by atoms with Crippen molar-refractivity contribution >= 4 is 9.84 Å². The largest absolute Gasteiger partial charge is 0.492 e. The fraction of sp³-hybridized carbons (Fsp3) is 0.455. The number of para-hydroxylation sites is 1. The van der Waals surface area contributed by atoms with Gasteiger partial charge in [0.15, 0.2) is 9.84 Å². The quantitative estimate of drug-likeness (QED) is 0.836. The molecule has 0 saturated carbocycles. The van der Waals surface area contributed by atoms with Crippen LogP contribution in [0.1, 0.15) is 11.1 Å². The zero-order valence-electron chi connectivity index (χ0n) is 9.43. The summed E-state index contributed by atoms with van der Waals surface area (Å²) in [6, 6.07) is 5.43. The van der Waals surface area contributed by atoms with Crippen LogP contribution in [-0.4, -0.2) is 32.1 Å². The Balaban J connectivity index is 2.73. The highest BCUT2D eigenvalue weighted by Gasteiger charge is 2.08. The third-order valence-corrected chi connectivity index (χ3v) is 3.07. The van der Waals surface area contributed by atoms with Crippen LogP contribution < -0.4 is 4.74 Å². The minimum Gasteiger partial charge on any atom is -0.492 e. The lowest BCUT2D eigenvalue weighted by atomic mass is 10.1. The van der Waals surface area contributed by atoms with Gasteiger partial charge in [0.2, 0.25) is 0 Å². The van der Waals surface area contributed by atoms with E-state index in [4.69, 9.17) is 9.84 Å². The van der Waals surface area contributed by atoms with Gasteiger partial charge in [0.05, 0.1) is 12.4 Å². The third kappa shape index (κ3) is 3.83. The van der Waals surface area contributed by atoms with E-state index in [-0.39, 0.29) is 19.0 Å². The lowest BCUT2D eigenvalue weighted by molar-refractivity contribution is 0.266. The summed E-state index contributed by atoms with van der Waals surface area (Å²) in [5.74, 6) is 0.556. The molecule has 0 aromatic heterocycles. The Morgan fingerprint density at radius 3 is 2.62 bits per heavy atom. The number of hydrogen-bond acceptors (Lipinski definition) is 4. The maximum Gasteiger partial charge on any atom is 0.150 e. The molecule has 1 aromatic carbocycles. The molecule has 1 N–H and O–H groups in total. The minimum absolute atomic E-state index is 0.0216. The number of ether oxygens (including phenoxy) is 1. The second kappa shape index (κ2) is 5.32. The van der Waals surface area contributed by atoms with Gasteiger partial charge in [0.25, 0.3) is 0 Å². The summed E-state index contributed by atoms with van der Waals surface area (Å²) in [4.78, 5) is 0. The molecule has 0 aliphatic carbocycles. The zero-order chi connectivity index (χ0) is 12.2. The summed E-state index contributed by atoms with van der Waals surface area (Å²) in [6.07, 6.45) is 1.17. The predicted molar refractivity (Wildman–Crippen MR) is 62.3 cm³/mol. The van der Waals surface area contributed by atoms with Crippen molar-refractivity contribution in [1.29, 1.82) is 0 Å². The highest BCUT2D eigenvalue weighted by Crippen LogP contribution is 2.23. The summed E-state index contributed by atoms with van der Waals surface area (Å²) in [5, 5.41) is 9.10. The fourth-order valence-corrected chi connectivity index (χ4v) is 1.73. The molecule has 1 aromatic rings. The predicted octanol–water partition coefficient (Wildman–Crippen LogP) is 0.911. The van der Waals surface area contributed by atoms with Gasteiger partial charge in [-0.25, -0.2) is 8.42 Å². The summed E-state index contributed by atoms with van der Waals surface area (Å²) in [7, 11) is -3.01. The van der Waals surface area contributed by atoms with Crippen molar-refractivity contribution in [3.8, 4) is 5.75 Å². The van der Waals surface area contributed by atoms with Gasteiger partial charge >= 0.3 is 0 Å². The maximum absolute atomic E-state index is 10.9. The summed E-state index contributed by atoms with van der Waals surface area (Å²) < 4.78 is 27.3. The van der Waals surface area contributed by atoms with Gasteiger partial charge < -0.3 is 9.84 Å². The van der Waals surface area contributed by atoms with Crippen molar-refractivity contribution in [2.75, 3.05) is 18.6 Å². The molecule has 0 aliphatic heterocycles. The monoisotopic (exact) mass is 244 g/mol. The smallest absolute Gasteiger partial charge is 0.150 e. The van der Waals surface area contributed by atoms with Gasteiger partial charge in [-0.05, 0) is 12.5 Å². The van der Waals surface area contributed by atoms with Crippen molar-refractivity contribution < 1.29 is 18.3 Å². The molecule has 0 unspecified atom stereocenters. The summed E-state index contributed by atoms with van der Waals surface area (Å²) >= 11 is 0. The van der Waals surface area contributed by atoms with Gasteiger partial charge in [-0.15, -0.1) is 0 Å². The van der Waals surface area contributed by atoms with Crippen molar-refractivity contribution in [2.45, 2.75) is 13.5 Å². The molecule has 0 aliphatic rings. The van der Waals surface area contributed by atoms with E-state index in [2.05, 4.69) is 0 Å². The van der Waals surface area contributed by atoms with Gasteiger partial charge in [0, 0.05) is 11.8 Å². The average Bonchev–Trinajstić information content (AvgIpc) is 2.18. The molecule has 0 amide bonds. The van der Waals surface area contributed by atoms with Crippen molar-refractivity contribution in [2.24, 2.45) is 0 Å². The first-order valence-corrected chi connectivity index (χ1v) is 7.00. The molecular weight excluding hydrogens is 228 g/mol. The Hall–Kier alpha value is -1.07. The molecule has 0 saturated heterocycles. The number of benzene rings is 1. The number of aryl methyl sites for hydroxylation is 1. The molecule has 1 rings (SSSR count). The number of hydrogen-bond donors (Lipinski definition) is 1. The normalized spacial score (nSPS) is 11.4. The van der Waals surface area contributed by atoms with E-state index in [1.54, 1.807) is 6.07 Å². The number of sulfone groups is 1. The lowest BCUT2D eigenvalue weighted by Crippen LogP contribution is -2.13. The fourth-order valence-electron chi connectivity index (χ4n) is 1.34. The Morgan fingerprint density at radius 1 is 1.38 bits per heavy atom. The Labute approximate surface area is 95.8 Å². The first-order chi connectivity index (χ1) is 7.44. The number of rotatable bonds is 5.